The van der Waals surface area contributed by atoms with Crippen molar-refractivity contribution >= 4 is 11.3 Å². The van der Waals surface area contributed by atoms with Crippen LogP contribution in [0.5, 0.6) is 0 Å². The standard InChI is InChI=1S/C13H15NOS/c15-10-12(13-7-4-8-16-13)14-9-11-5-2-1-3-6-11/h1-8,12,14-15H,9-10H2. The van der Waals surface area contributed by atoms with Gasteiger partial charge in [0.2, 0.25) is 0 Å². The zero-order valence-electron chi connectivity index (χ0n) is 8.97. The first kappa shape index (κ1) is 11.3. The highest BCUT2D eigenvalue weighted by Gasteiger charge is 2.09. The van der Waals surface area contributed by atoms with Gasteiger partial charge in [-0.1, -0.05) is 36.4 Å². The van der Waals surface area contributed by atoms with E-state index in [2.05, 4.69) is 17.4 Å². The summed E-state index contributed by atoms with van der Waals surface area (Å²) < 4.78 is 0. The van der Waals surface area contributed by atoms with Gasteiger partial charge in [-0.2, -0.15) is 0 Å². The quantitative estimate of drug-likeness (QED) is 0.832. The van der Waals surface area contributed by atoms with Crippen molar-refractivity contribution in [2.24, 2.45) is 0 Å². The molecule has 2 aromatic rings. The fourth-order valence-corrected chi connectivity index (χ4v) is 2.38. The Bertz CT molecular complexity index is 399. The molecular formula is C13H15NOS. The van der Waals surface area contributed by atoms with Gasteiger partial charge in [0.15, 0.2) is 0 Å². The molecule has 0 amide bonds. The van der Waals surface area contributed by atoms with Crippen LogP contribution < -0.4 is 5.32 Å². The minimum atomic E-state index is 0.0419. The third-order valence-electron chi connectivity index (χ3n) is 2.46. The van der Waals surface area contributed by atoms with Gasteiger partial charge in [0.05, 0.1) is 12.6 Å². The second-order valence-electron chi connectivity index (χ2n) is 3.62. The molecule has 0 bridgehead atoms. The first-order valence-electron chi connectivity index (χ1n) is 5.31. The number of nitrogens with one attached hydrogen (secondary N) is 1. The monoisotopic (exact) mass is 233 g/mol. The molecule has 3 heteroatoms. The number of hydrogen-bond donors (Lipinski definition) is 2. The molecule has 0 saturated heterocycles. The largest absolute Gasteiger partial charge is 0.394 e. The van der Waals surface area contributed by atoms with Crippen molar-refractivity contribution in [1.82, 2.24) is 5.32 Å². The summed E-state index contributed by atoms with van der Waals surface area (Å²) in [5, 5.41) is 14.7. The van der Waals surface area contributed by atoms with E-state index < -0.39 is 0 Å². The van der Waals surface area contributed by atoms with Gasteiger partial charge in [0.25, 0.3) is 0 Å². The number of hydrogen-bond acceptors (Lipinski definition) is 3. The minimum Gasteiger partial charge on any atom is -0.394 e. The van der Waals surface area contributed by atoms with Crippen LogP contribution in [-0.2, 0) is 6.54 Å². The molecule has 0 fully saturated rings. The van der Waals surface area contributed by atoms with Crippen LogP contribution in [0.2, 0.25) is 0 Å². The van der Waals surface area contributed by atoms with E-state index in [4.69, 9.17) is 0 Å². The van der Waals surface area contributed by atoms with Crippen LogP contribution in [0.4, 0.5) is 0 Å². The molecular weight excluding hydrogens is 218 g/mol. The van der Waals surface area contributed by atoms with Crippen LogP contribution >= 0.6 is 11.3 Å². The Labute approximate surface area is 99.6 Å². The van der Waals surface area contributed by atoms with Gasteiger partial charge in [-0.3, -0.25) is 0 Å². The molecule has 0 radical (unpaired) electrons. The number of benzene rings is 1. The Morgan fingerprint density at radius 1 is 1.12 bits per heavy atom. The third kappa shape index (κ3) is 2.92. The van der Waals surface area contributed by atoms with Gasteiger partial charge in [-0.25, -0.2) is 0 Å². The number of rotatable bonds is 5. The van der Waals surface area contributed by atoms with Crippen LogP contribution in [0.1, 0.15) is 16.5 Å². The topological polar surface area (TPSA) is 32.3 Å². The van der Waals surface area contributed by atoms with E-state index >= 15 is 0 Å². The predicted octanol–water partition coefficient (Wildman–Crippen LogP) is 2.57. The lowest BCUT2D eigenvalue weighted by atomic mass is 10.2. The van der Waals surface area contributed by atoms with E-state index in [1.165, 1.54) is 10.4 Å². The van der Waals surface area contributed by atoms with Crippen molar-refractivity contribution in [1.29, 1.82) is 0 Å². The molecule has 2 N–H and O–H groups in total. The average molecular weight is 233 g/mol. The van der Waals surface area contributed by atoms with Crippen molar-refractivity contribution in [2.45, 2.75) is 12.6 Å². The minimum absolute atomic E-state index is 0.0419. The molecule has 84 valence electrons. The highest BCUT2D eigenvalue weighted by atomic mass is 32.1. The normalized spacial score (nSPS) is 12.6. The van der Waals surface area contributed by atoms with E-state index in [9.17, 15) is 5.11 Å². The molecule has 1 aromatic heterocycles. The summed E-state index contributed by atoms with van der Waals surface area (Å²) in [4.78, 5) is 1.18. The first-order valence-corrected chi connectivity index (χ1v) is 6.19. The third-order valence-corrected chi connectivity index (χ3v) is 3.45. The van der Waals surface area contributed by atoms with Crippen molar-refractivity contribution in [2.75, 3.05) is 6.61 Å². The summed E-state index contributed by atoms with van der Waals surface area (Å²) in [6.45, 7) is 0.914. The number of aliphatic hydroxyl groups excluding tert-OH is 1. The van der Waals surface area contributed by atoms with Crippen LogP contribution in [0.25, 0.3) is 0 Å². The van der Waals surface area contributed by atoms with Crippen molar-refractivity contribution in [3.8, 4) is 0 Å². The van der Waals surface area contributed by atoms with Crippen molar-refractivity contribution < 1.29 is 5.11 Å². The lowest BCUT2D eigenvalue weighted by Gasteiger charge is -2.14. The zero-order valence-corrected chi connectivity index (χ0v) is 9.78. The highest BCUT2D eigenvalue weighted by molar-refractivity contribution is 7.10. The van der Waals surface area contributed by atoms with Crippen LogP contribution in [0.15, 0.2) is 47.8 Å². The summed E-state index contributed by atoms with van der Waals surface area (Å²) in [6.07, 6.45) is 0. The maximum Gasteiger partial charge on any atom is 0.0652 e. The number of aliphatic hydroxyl groups is 1. The van der Waals surface area contributed by atoms with Crippen molar-refractivity contribution in [3.05, 3.63) is 58.3 Å². The summed E-state index contributed by atoms with van der Waals surface area (Å²) in [5.74, 6) is 0. The summed E-state index contributed by atoms with van der Waals surface area (Å²) in [5.41, 5.74) is 1.23. The summed E-state index contributed by atoms with van der Waals surface area (Å²) in [6, 6.07) is 14.3. The molecule has 0 aliphatic carbocycles. The summed E-state index contributed by atoms with van der Waals surface area (Å²) >= 11 is 1.67. The molecule has 1 heterocycles. The van der Waals surface area contributed by atoms with E-state index in [-0.39, 0.29) is 12.6 Å². The fourth-order valence-electron chi connectivity index (χ4n) is 1.58. The molecule has 1 aromatic carbocycles. The number of thiophene rings is 1. The molecule has 16 heavy (non-hydrogen) atoms. The van der Waals surface area contributed by atoms with Crippen LogP contribution in [-0.4, -0.2) is 11.7 Å². The predicted molar refractivity (Wildman–Crippen MR) is 67.4 cm³/mol. The van der Waals surface area contributed by atoms with Gasteiger partial charge in [-0.15, -0.1) is 11.3 Å². The van der Waals surface area contributed by atoms with Crippen molar-refractivity contribution in [3.63, 3.8) is 0 Å². The Morgan fingerprint density at radius 2 is 1.94 bits per heavy atom. The Balaban J connectivity index is 1.94. The Morgan fingerprint density at radius 3 is 2.56 bits per heavy atom. The van der Waals surface area contributed by atoms with E-state index in [1.807, 2.05) is 35.7 Å². The maximum absolute atomic E-state index is 9.32. The fraction of sp³-hybridized carbons (Fsp3) is 0.231. The average Bonchev–Trinajstić information content (AvgIpc) is 2.85. The van der Waals surface area contributed by atoms with E-state index in [0.29, 0.717) is 0 Å². The second-order valence-corrected chi connectivity index (χ2v) is 4.60. The van der Waals surface area contributed by atoms with Crippen LogP contribution in [0, 0.1) is 0 Å². The SMILES string of the molecule is OCC(NCc1ccccc1)c1cccs1. The first-order chi connectivity index (χ1) is 7.90. The summed E-state index contributed by atoms with van der Waals surface area (Å²) in [7, 11) is 0. The second kappa shape index (κ2) is 5.80. The molecule has 0 aliphatic heterocycles. The Kier molecular flexibility index (Phi) is 4.10. The lowest BCUT2D eigenvalue weighted by Crippen LogP contribution is -2.23. The molecule has 0 spiro atoms. The lowest BCUT2D eigenvalue weighted by molar-refractivity contribution is 0.245. The van der Waals surface area contributed by atoms with Gasteiger partial charge in [-0.05, 0) is 17.0 Å². The molecule has 0 saturated carbocycles. The van der Waals surface area contributed by atoms with Gasteiger partial charge >= 0.3 is 0 Å². The molecule has 2 nitrogen and oxygen atoms in total. The van der Waals surface area contributed by atoms with Crippen LogP contribution in [0.3, 0.4) is 0 Å². The Hall–Kier alpha value is -1.16. The van der Waals surface area contributed by atoms with E-state index in [1.54, 1.807) is 11.3 Å². The smallest absolute Gasteiger partial charge is 0.0652 e. The van der Waals surface area contributed by atoms with Gasteiger partial charge in [0, 0.05) is 11.4 Å². The molecule has 1 atom stereocenters. The zero-order chi connectivity index (χ0) is 11.2. The molecule has 0 aliphatic rings. The highest BCUT2D eigenvalue weighted by Crippen LogP contribution is 2.18. The maximum atomic E-state index is 9.32. The van der Waals surface area contributed by atoms with Gasteiger partial charge < -0.3 is 10.4 Å². The van der Waals surface area contributed by atoms with Gasteiger partial charge in [0.1, 0.15) is 0 Å². The molecule has 1 unspecified atom stereocenters. The van der Waals surface area contributed by atoms with E-state index in [0.717, 1.165) is 6.54 Å². The molecule has 2 rings (SSSR count).